The molecular formula is C27H29N7O2. The minimum atomic E-state index is 0.106. The lowest BCUT2D eigenvalue weighted by atomic mass is 10.0. The number of anilines is 1. The molecule has 184 valence electrons. The highest BCUT2D eigenvalue weighted by Gasteiger charge is 2.33. The van der Waals surface area contributed by atoms with Crippen molar-refractivity contribution in [2.75, 3.05) is 37.7 Å². The summed E-state index contributed by atoms with van der Waals surface area (Å²) in [5.41, 5.74) is 5.90. The summed E-state index contributed by atoms with van der Waals surface area (Å²) in [6.45, 7) is 7.75. The van der Waals surface area contributed by atoms with Gasteiger partial charge in [-0.05, 0) is 36.2 Å². The number of carbonyl (C=O) groups is 1. The van der Waals surface area contributed by atoms with E-state index in [-0.39, 0.29) is 5.91 Å². The maximum atomic E-state index is 12.7. The fraction of sp³-hybridized carbons (Fsp3) is 0.370. The number of ether oxygens (including phenoxy) is 1. The van der Waals surface area contributed by atoms with Crippen LogP contribution in [0.4, 0.5) is 5.69 Å². The van der Waals surface area contributed by atoms with E-state index < -0.39 is 0 Å². The summed E-state index contributed by atoms with van der Waals surface area (Å²) in [6, 6.07) is 10.4. The van der Waals surface area contributed by atoms with Gasteiger partial charge in [0, 0.05) is 42.3 Å². The van der Waals surface area contributed by atoms with Crippen LogP contribution in [0.2, 0.25) is 0 Å². The van der Waals surface area contributed by atoms with Crippen LogP contribution in [0.3, 0.4) is 0 Å². The van der Waals surface area contributed by atoms with E-state index in [2.05, 4.69) is 39.9 Å². The van der Waals surface area contributed by atoms with Crippen LogP contribution in [0.15, 0.2) is 55.1 Å². The Hall–Kier alpha value is -3.69. The third-order valence-corrected chi connectivity index (χ3v) is 7.02. The molecule has 0 aliphatic carbocycles. The molecule has 2 aliphatic rings. The van der Waals surface area contributed by atoms with E-state index in [1.54, 1.807) is 12.4 Å². The summed E-state index contributed by atoms with van der Waals surface area (Å²) in [5, 5.41) is 4.46. The molecule has 1 amide bonds. The van der Waals surface area contributed by atoms with Crippen LogP contribution < -0.4 is 4.90 Å². The first kappa shape index (κ1) is 22.8. The van der Waals surface area contributed by atoms with E-state index in [4.69, 9.17) is 9.72 Å². The SMILES string of the molecule is CC(C)c1cnn2ccc(-c3ccnc(Cc4ccc(N5CCN(C6COC6)CC5=O)cn4)n3)cc12. The van der Waals surface area contributed by atoms with Gasteiger partial charge in [-0.15, -0.1) is 0 Å². The molecule has 0 spiro atoms. The zero-order chi connectivity index (χ0) is 24.6. The van der Waals surface area contributed by atoms with Gasteiger partial charge in [-0.2, -0.15) is 5.10 Å². The van der Waals surface area contributed by atoms with E-state index in [0.29, 0.717) is 37.3 Å². The highest BCUT2D eigenvalue weighted by atomic mass is 16.5. The number of hydrogen-bond donors (Lipinski definition) is 0. The Bertz CT molecular complexity index is 1400. The van der Waals surface area contributed by atoms with Crippen molar-refractivity contribution in [1.29, 1.82) is 0 Å². The Morgan fingerprint density at radius 2 is 1.97 bits per heavy atom. The van der Waals surface area contributed by atoms with Gasteiger partial charge < -0.3 is 9.64 Å². The predicted octanol–water partition coefficient (Wildman–Crippen LogP) is 2.95. The quantitative estimate of drug-likeness (QED) is 0.417. The minimum absolute atomic E-state index is 0.106. The van der Waals surface area contributed by atoms with Gasteiger partial charge in [0.05, 0.1) is 61.5 Å². The van der Waals surface area contributed by atoms with Gasteiger partial charge in [0.2, 0.25) is 5.91 Å². The Kier molecular flexibility index (Phi) is 5.94. The molecule has 2 saturated heterocycles. The minimum Gasteiger partial charge on any atom is -0.378 e. The summed E-state index contributed by atoms with van der Waals surface area (Å²) in [5.74, 6) is 1.21. The van der Waals surface area contributed by atoms with E-state index >= 15 is 0 Å². The highest BCUT2D eigenvalue weighted by Crippen LogP contribution is 2.25. The van der Waals surface area contributed by atoms with Crippen LogP contribution in [-0.4, -0.2) is 74.3 Å². The third kappa shape index (κ3) is 4.36. The maximum Gasteiger partial charge on any atom is 0.241 e. The Morgan fingerprint density at radius 3 is 2.69 bits per heavy atom. The van der Waals surface area contributed by atoms with E-state index in [9.17, 15) is 4.79 Å². The summed E-state index contributed by atoms with van der Waals surface area (Å²) >= 11 is 0. The zero-order valence-corrected chi connectivity index (χ0v) is 20.5. The summed E-state index contributed by atoms with van der Waals surface area (Å²) in [4.78, 5) is 30.6. The Morgan fingerprint density at radius 1 is 1.08 bits per heavy atom. The molecule has 0 bridgehead atoms. The number of piperazine rings is 1. The molecule has 9 nitrogen and oxygen atoms in total. The van der Waals surface area contributed by atoms with Crippen LogP contribution in [0, 0.1) is 0 Å². The molecule has 0 atom stereocenters. The van der Waals surface area contributed by atoms with Crippen molar-refractivity contribution in [2.24, 2.45) is 0 Å². The van der Waals surface area contributed by atoms with Crippen molar-refractivity contribution in [3.63, 3.8) is 0 Å². The van der Waals surface area contributed by atoms with Crippen molar-refractivity contribution in [2.45, 2.75) is 32.2 Å². The molecule has 6 heterocycles. The lowest BCUT2D eigenvalue weighted by Gasteiger charge is -2.41. The number of rotatable bonds is 6. The molecule has 2 aliphatic heterocycles. The maximum absolute atomic E-state index is 12.7. The normalized spacial score (nSPS) is 17.2. The molecule has 2 fully saturated rings. The number of hydrogen-bond acceptors (Lipinski definition) is 7. The van der Waals surface area contributed by atoms with Gasteiger partial charge in [-0.3, -0.25) is 14.7 Å². The Labute approximate surface area is 209 Å². The molecule has 36 heavy (non-hydrogen) atoms. The van der Waals surface area contributed by atoms with Crippen LogP contribution in [0.25, 0.3) is 16.8 Å². The molecule has 4 aromatic heterocycles. The average molecular weight is 484 g/mol. The van der Waals surface area contributed by atoms with Crippen molar-refractivity contribution in [3.05, 3.63) is 72.2 Å². The smallest absolute Gasteiger partial charge is 0.241 e. The lowest BCUT2D eigenvalue weighted by molar-refractivity contribution is -0.127. The van der Waals surface area contributed by atoms with Crippen molar-refractivity contribution >= 4 is 17.1 Å². The predicted molar refractivity (Wildman–Crippen MR) is 136 cm³/mol. The van der Waals surface area contributed by atoms with E-state index in [0.717, 1.165) is 47.9 Å². The molecule has 0 radical (unpaired) electrons. The van der Waals surface area contributed by atoms with Gasteiger partial charge in [0.1, 0.15) is 5.82 Å². The van der Waals surface area contributed by atoms with Crippen LogP contribution in [-0.2, 0) is 16.0 Å². The van der Waals surface area contributed by atoms with Gasteiger partial charge in [0.15, 0.2) is 0 Å². The number of amides is 1. The van der Waals surface area contributed by atoms with E-state index in [1.165, 1.54) is 5.56 Å². The van der Waals surface area contributed by atoms with Gasteiger partial charge in [-0.25, -0.2) is 14.5 Å². The summed E-state index contributed by atoms with van der Waals surface area (Å²) < 4.78 is 7.17. The topological polar surface area (TPSA) is 88.8 Å². The molecule has 0 N–H and O–H groups in total. The Balaban J connectivity index is 1.16. The fourth-order valence-electron chi connectivity index (χ4n) is 4.80. The molecule has 4 aromatic rings. The summed E-state index contributed by atoms with van der Waals surface area (Å²) in [7, 11) is 0. The molecular weight excluding hydrogens is 454 g/mol. The van der Waals surface area contributed by atoms with Crippen LogP contribution in [0.1, 0.15) is 36.8 Å². The number of carbonyl (C=O) groups excluding carboxylic acids is 1. The molecule has 6 rings (SSSR count). The molecule has 9 heteroatoms. The molecule has 0 aromatic carbocycles. The molecule has 0 unspecified atom stereocenters. The number of nitrogens with zero attached hydrogens (tertiary/aromatic N) is 7. The molecule has 0 saturated carbocycles. The van der Waals surface area contributed by atoms with Crippen LogP contribution >= 0.6 is 0 Å². The van der Waals surface area contributed by atoms with Crippen molar-refractivity contribution in [3.8, 4) is 11.3 Å². The van der Waals surface area contributed by atoms with Gasteiger partial charge in [-0.1, -0.05) is 13.8 Å². The van der Waals surface area contributed by atoms with Gasteiger partial charge in [0.25, 0.3) is 0 Å². The first-order valence-corrected chi connectivity index (χ1v) is 12.4. The second-order valence-corrected chi connectivity index (χ2v) is 9.75. The first-order valence-electron chi connectivity index (χ1n) is 12.4. The van der Waals surface area contributed by atoms with Crippen molar-refractivity contribution in [1.82, 2.24) is 29.5 Å². The summed E-state index contributed by atoms with van der Waals surface area (Å²) in [6.07, 6.45) is 7.99. The second kappa shape index (κ2) is 9.40. The largest absolute Gasteiger partial charge is 0.378 e. The number of pyridine rings is 2. The third-order valence-electron chi connectivity index (χ3n) is 7.02. The average Bonchev–Trinajstić information content (AvgIpc) is 3.28. The first-order chi connectivity index (χ1) is 17.5. The van der Waals surface area contributed by atoms with E-state index in [1.807, 2.05) is 46.1 Å². The van der Waals surface area contributed by atoms with Gasteiger partial charge >= 0.3 is 0 Å². The monoisotopic (exact) mass is 483 g/mol. The zero-order valence-electron chi connectivity index (χ0n) is 20.5. The van der Waals surface area contributed by atoms with Crippen molar-refractivity contribution < 1.29 is 9.53 Å². The number of aromatic nitrogens is 5. The second-order valence-electron chi connectivity index (χ2n) is 9.75. The lowest BCUT2D eigenvalue weighted by Crippen LogP contribution is -2.58. The standard InChI is InChI=1S/C27H29N7O2/c1-18(2)23-14-30-34-8-6-19(11-25(23)34)24-5-7-28-26(31-24)12-20-3-4-21(13-29-20)33-10-9-32(15-27(33)35)22-16-36-17-22/h3-8,11,13-14,18,22H,9-10,12,15-17H2,1-2H3. The fourth-order valence-corrected chi connectivity index (χ4v) is 4.80. The number of fused-ring (bicyclic) bond motifs is 1. The highest BCUT2D eigenvalue weighted by molar-refractivity contribution is 5.95. The van der Waals surface area contributed by atoms with Crippen LogP contribution in [0.5, 0.6) is 0 Å².